The van der Waals surface area contributed by atoms with Gasteiger partial charge in [-0.15, -0.1) is 0 Å². The number of H-pyrrole nitrogens is 2. The first kappa shape index (κ1) is 17.3. The van der Waals surface area contributed by atoms with Gasteiger partial charge < -0.3 is 15.3 Å². The van der Waals surface area contributed by atoms with Gasteiger partial charge in [0.2, 0.25) is 5.43 Å². The Morgan fingerprint density at radius 1 is 1.22 bits per heavy atom. The second-order valence-corrected chi connectivity index (χ2v) is 6.69. The Morgan fingerprint density at radius 2 is 2.00 bits per heavy atom. The number of fused-ring (bicyclic) bond motifs is 2. The van der Waals surface area contributed by atoms with Crippen molar-refractivity contribution < 1.29 is 18.0 Å². The first-order chi connectivity index (χ1) is 12.8. The number of alkyl halides is 3. The summed E-state index contributed by atoms with van der Waals surface area (Å²) < 4.78 is 42.9. The van der Waals surface area contributed by atoms with Crippen LogP contribution in [0.2, 0.25) is 0 Å². The number of aromatic nitrogens is 3. The van der Waals surface area contributed by atoms with Gasteiger partial charge in [-0.2, -0.15) is 17.5 Å². The number of anilines is 1. The van der Waals surface area contributed by atoms with Gasteiger partial charge in [0.1, 0.15) is 10.4 Å². The predicted octanol–water partition coefficient (Wildman–Crippen LogP) is 4.05. The van der Waals surface area contributed by atoms with Gasteiger partial charge in [-0.25, -0.2) is 0 Å². The Bertz CT molecular complexity index is 1250. The third-order valence-corrected chi connectivity index (χ3v) is 5.04. The van der Waals surface area contributed by atoms with E-state index in [-0.39, 0.29) is 22.2 Å². The maximum absolute atomic E-state index is 12.9. The van der Waals surface area contributed by atoms with E-state index in [1.165, 1.54) is 24.4 Å². The summed E-state index contributed by atoms with van der Waals surface area (Å²) in [5.41, 5.74) is -0.317. The number of amides is 1. The molecule has 0 aliphatic carbocycles. The fourth-order valence-electron chi connectivity index (χ4n) is 2.88. The van der Waals surface area contributed by atoms with Crippen LogP contribution in [0.1, 0.15) is 21.6 Å². The van der Waals surface area contributed by atoms with Crippen LogP contribution in [0.3, 0.4) is 0 Å². The number of pyridine rings is 1. The molecule has 4 rings (SSSR count). The van der Waals surface area contributed by atoms with E-state index in [9.17, 15) is 22.8 Å². The molecule has 10 heteroatoms. The first-order valence-electron chi connectivity index (χ1n) is 7.73. The van der Waals surface area contributed by atoms with Gasteiger partial charge >= 0.3 is 6.18 Å². The molecule has 0 saturated carbocycles. The molecule has 0 aliphatic heterocycles. The lowest BCUT2D eigenvalue weighted by Crippen LogP contribution is -2.21. The Kier molecular flexibility index (Phi) is 3.81. The van der Waals surface area contributed by atoms with Gasteiger partial charge in [0.25, 0.3) is 5.91 Å². The van der Waals surface area contributed by atoms with Crippen molar-refractivity contribution in [1.29, 1.82) is 0 Å². The van der Waals surface area contributed by atoms with Crippen LogP contribution < -0.4 is 10.7 Å². The molecule has 0 saturated heterocycles. The summed E-state index contributed by atoms with van der Waals surface area (Å²) in [6, 6.07) is 4.00. The fraction of sp³-hybridized carbons (Fsp3) is 0.118. The van der Waals surface area contributed by atoms with E-state index < -0.39 is 23.1 Å². The summed E-state index contributed by atoms with van der Waals surface area (Å²) >= 11 is 1.12. The predicted molar refractivity (Wildman–Crippen MR) is 96.2 cm³/mol. The molecule has 0 atom stereocenters. The summed E-state index contributed by atoms with van der Waals surface area (Å²) in [7, 11) is 0. The summed E-state index contributed by atoms with van der Waals surface area (Å²) in [5, 5.41) is 2.89. The van der Waals surface area contributed by atoms with Crippen molar-refractivity contribution in [3.8, 4) is 0 Å². The Hall–Kier alpha value is -3.14. The molecule has 27 heavy (non-hydrogen) atoms. The average molecular weight is 392 g/mol. The Labute approximate surface area is 153 Å². The minimum absolute atomic E-state index is 0.000242. The van der Waals surface area contributed by atoms with Crippen molar-refractivity contribution in [2.75, 3.05) is 5.32 Å². The van der Waals surface area contributed by atoms with Gasteiger partial charge in [-0.3, -0.25) is 9.59 Å². The van der Waals surface area contributed by atoms with Gasteiger partial charge in [0, 0.05) is 29.0 Å². The van der Waals surface area contributed by atoms with Crippen molar-refractivity contribution >= 4 is 44.2 Å². The third-order valence-electron chi connectivity index (χ3n) is 4.17. The van der Waals surface area contributed by atoms with Gasteiger partial charge in [0.15, 0.2) is 0 Å². The SMILES string of the molecule is Cc1nsc2[nH]cc(C(=O)Nc3ccc4c(C(F)(F)F)c[nH]c4c3)c(=O)c12. The highest BCUT2D eigenvalue weighted by molar-refractivity contribution is 7.12. The molecular formula is C17H11F3N4O2S. The van der Waals surface area contributed by atoms with Crippen molar-refractivity contribution in [2.45, 2.75) is 13.1 Å². The average Bonchev–Trinajstić information content (AvgIpc) is 3.18. The van der Waals surface area contributed by atoms with Gasteiger partial charge in [-0.05, 0) is 30.6 Å². The van der Waals surface area contributed by atoms with Gasteiger partial charge in [-0.1, -0.05) is 6.07 Å². The third kappa shape index (κ3) is 2.87. The highest BCUT2D eigenvalue weighted by Gasteiger charge is 2.33. The van der Waals surface area contributed by atoms with Crippen molar-refractivity contribution in [3.63, 3.8) is 0 Å². The second kappa shape index (κ2) is 5.95. The van der Waals surface area contributed by atoms with E-state index in [0.717, 1.165) is 17.7 Å². The van der Waals surface area contributed by atoms with Crippen LogP contribution in [0.25, 0.3) is 21.1 Å². The number of hydrogen-bond donors (Lipinski definition) is 3. The topological polar surface area (TPSA) is 90.6 Å². The highest BCUT2D eigenvalue weighted by Crippen LogP contribution is 2.35. The van der Waals surface area contributed by atoms with Crippen LogP contribution in [0.15, 0.2) is 35.4 Å². The molecule has 6 nitrogen and oxygen atoms in total. The zero-order valence-electron chi connectivity index (χ0n) is 13.7. The van der Waals surface area contributed by atoms with E-state index >= 15 is 0 Å². The number of carbonyl (C=O) groups excluding carboxylic acids is 1. The maximum Gasteiger partial charge on any atom is 0.418 e. The number of aromatic amines is 2. The maximum atomic E-state index is 12.9. The summed E-state index contributed by atoms with van der Waals surface area (Å²) in [5.74, 6) is -0.661. The lowest BCUT2D eigenvalue weighted by Gasteiger charge is -2.07. The van der Waals surface area contributed by atoms with E-state index in [0.29, 0.717) is 15.9 Å². The highest BCUT2D eigenvalue weighted by atomic mass is 32.1. The first-order valence-corrected chi connectivity index (χ1v) is 8.50. The summed E-state index contributed by atoms with van der Waals surface area (Å²) in [4.78, 5) is 31.0. The zero-order chi connectivity index (χ0) is 19.3. The van der Waals surface area contributed by atoms with Crippen LogP contribution in [0, 0.1) is 6.92 Å². The van der Waals surface area contributed by atoms with Crippen molar-refractivity contribution in [2.24, 2.45) is 0 Å². The number of halogens is 3. The Balaban J connectivity index is 1.68. The van der Waals surface area contributed by atoms with Crippen LogP contribution in [0.4, 0.5) is 18.9 Å². The number of nitrogens with zero attached hydrogens (tertiary/aromatic N) is 1. The van der Waals surface area contributed by atoms with Crippen LogP contribution in [0.5, 0.6) is 0 Å². The number of rotatable bonds is 2. The second-order valence-electron chi connectivity index (χ2n) is 5.92. The monoisotopic (exact) mass is 392 g/mol. The Morgan fingerprint density at radius 3 is 2.74 bits per heavy atom. The van der Waals surface area contributed by atoms with Crippen LogP contribution >= 0.6 is 11.5 Å². The molecular weight excluding hydrogens is 381 g/mol. The van der Waals surface area contributed by atoms with Crippen LogP contribution in [-0.2, 0) is 6.18 Å². The molecule has 138 valence electrons. The van der Waals surface area contributed by atoms with Crippen molar-refractivity contribution in [3.05, 3.63) is 57.6 Å². The lowest BCUT2D eigenvalue weighted by molar-refractivity contribution is -0.136. The van der Waals surface area contributed by atoms with E-state index in [1.54, 1.807) is 6.92 Å². The smallest absolute Gasteiger partial charge is 0.360 e. The molecule has 3 N–H and O–H groups in total. The standard InChI is InChI=1S/C17H11F3N4O2S/c1-7-13-14(25)10(5-22-16(13)27-24-7)15(26)23-8-2-3-9-11(17(18,19)20)6-21-12(9)4-8/h2-6,21H,1H3,(H,22,25)(H,23,26). The summed E-state index contributed by atoms with van der Waals surface area (Å²) in [6.45, 7) is 1.67. The summed E-state index contributed by atoms with van der Waals surface area (Å²) in [6.07, 6.45) is -2.30. The number of aryl methyl sites for hydroxylation is 1. The van der Waals surface area contributed by atoms with E-state index in [1.807, 2.05) is 0 Å². The van der Waals surface area contributed by atoms with Crippen molar-refractivity contribution in [1.82, 2.24) is 14.3 Å². The molecule has 0 aliphatic rings. The number of hydrogen-bond acceptors (Lipinski definition) is 4. The molecule has 0 unspecified atom stereocenters. The minimum Gasteiger partial charge on any atom is -0.360 e. The minimum atomic E-state index is -4.47. The molecule has 0 spiro atoms. The number of nitrogens with one attached hydrogen (secondary N) is 3. The number of carbonyl (C=O) groups is 1. The number of benzene rings is 1. The normalized spacial score (nSPS) is 12.0. The quantitative estimate of drug-likeness (QED) is 0.481. The molecule has 3 aromatic heterocycles. The molecule has 1 amide bonds. The fourth-order valence-corrected chi connectivity index (χ4v) is 3.64. The molecule has 1 aromatic carbocycles. The molecule has 0 bridgehead atoms. The van der Waals surface area contributed by atoms with E-state index in [2.05, 4.69) is 19.7 Å². The molecule has 0 radical (unpaired) electrons. The molecule has 4 aromatic rings. The van der Waals surface area contributed by atoms with Gasteiger partial charge in [0.05, 0.1) is 16.6 Å². The largest absolute Gasteiger partial charge is 0.418 e. The van der Waals surface area contributed by atoms with E-state index in [4.69, 9.17) is 0 Å². The van der Waals surface area contributed by atoms with Crippen LogP contribution in [-0.4, -0.2) is 20.2 Å². The molecule has 0 fully saturated rings. The zero-order valence-corrected chi connectivity index (χ0v) is 14.5. The molecule has 3 heterocycles. The lowest BCUT2D eigenvalue weighted by atomic mass is 10.1.